The molecule has 0 aliphatic carbocycles. The highest BCUT2D eigenvalue weighted by Crippen LogP contribution is 2.19. The van der Waals surface area contributed by atoms with E-state index in [-0.39, 0.29) is 24.5 Å². The maximum absolute atomic E-state index is 13.5. The third kappa shape index (κ3) is 7.88. The van der Waals surface area contributed by atoms with E-state index in [0.29, 0.717) is 24.5 Å². The van der Waals surface area contributed by atoms with Crippen molar-refractivity contribution < 1.29 is 19.1 Å². The number of ether oxygens (including phenoxy) is 2. The van der Waals surface area contributed by atoms with E-state index in [2.05, 4.69) is 5.32 Å². The number of rotatable bonds is 11. The average Bonchev–Trinajstić information content (AvgIpc) is 2.85. The molecule has 0 unspecified atom stereocenters. The van der Waals surface area contributed by atoms with Crippen molar-refractivity contribution in [1.82, 2.24) is 10.2 Å². The van der Waals surface area contributed by atoms with Crippen molar-refractivity contribution >= 4 is 11.8 Å². The molecule has 0 saturated carbocycles. The van der Waals surface area contributed by atoms with E-state index >= 15 is 0 Å². The quantitative estimate of drug-likeness (QED) is 0.443. The molecule has 0 radical (unpaired) electrons. The van der Waals surface area contributed by atoms with Crippen LogP contribution in [-0.4, -0.2) is 42.5 Å². The highest BCUT2D eigenvalue weighted by Gasteiger charge is 2.31. The van der Waals surface area contributed by atoms with Gasteiger partial charge in [0, 0.05) is 19.0 Å². The lowest BCUT2D eigenvalue weighted by atomic mass is 10.0. The molecule has 0 aliphatic rings. The highest BCUT2D eigenvalue weighted by molar-refractivity contribution is 5.88. The molecule has 0 aromatic heterocycles. The number of benzene rings is 3. The van der Waals surface area contributed by atoms with E-state index in [1.54, 1.807) is 36.3 Å². The molecule has 0 bridgehead atoms. The summed E-state index contributed by atoms with van der Waals surface area (Å²) in [5.74, 6) is 0.815. The van der Waals surface area contributed by atoms with Gasteiger partial charge in [-0.25, -0.2) is 0 Å². The summed E-state index contributed by atoms with van der Waals surface area (Å²) in [6.45, 7) is 5.96. The molecule has 1 atom stereocenters. The predicted molar refractivity (Wildman–Crippen MR) is 137 cm³/mol. The Labute approximate surface area is 207 Å². The van der Waals surface area contributed by atoms with Gasteiger partial charge in [-0.05, 0) is 56.2 Å². The van der Waals surface area contributed by atoms with Gasteiger partial charge in [-0.3, -0.25) is 9.59 Å². The van der Waals surface area contributed by atoms with Crippen molar-refractivity contribution in [2.75, 3.05) is 13.7 Å². The number of aryl methyl sites for hydroxylation is 1. The maximum atomic E-state index is 13.5. The fourth-order valence-electron chi connectivity index (χ4n) is 3.84. The molecule has 3 rings (SSSR count). The smallest absolute Gasteiger partial charge is 0.261 e. The largest absolute Gasteiger partial charge is 0.497 e. The Morgan fingerprint density at radius 2 is 1.54 bits per heavy atom. The lowest BCUT2D eigenvalue weighted by Crippen LogP contribution is -2.52. The summed E-state index contributed by atoms with van der Waals surface area (Å²) >= 11 is 0. The Bertz CT molecular complexity index is 1100. The number of nitrogens with zero attached hydrogens (tertiary/aromatic N) is 1. The van der Waals surface area contributed by atoms with E-state index in [0.717, 1.165) is 16.7 Å². The number of amides is 2. The van der Waals surface area contributed by atoms with Gasteiger partial charge < -0.3 is 19.7 Å². The van der Waals surface area contributed by atoms with Crippen molar-refractivity contribution in [3.05, 3.63) is 95.6 Å². The zero-order chi connectivity index (χ0) is 25.2. The molecule has 184 valence electrons. The first kappa shape index (κ1) is 25.8. The molecule has 2 amide bonds. The first-order valence-corrected chi connectivity index (χ1v) is 11.8. The topological polar surface area (TPSA) is 67.9 Å². The number of carbonyl (C=O) groups is 2. The van der Waals surface area contributed by atoms with Gasteiger partial charge in [-0.2, -0.15) is 0 Å². The summed E-state index contributed by atoms with van der Waals surface area (Å²) in [5.41, 5.74) is 3.03. The molecular weight excluding hydrogens is 440 g/mol. The van der Waals surface area contributed by atoms with Crippen LogP contribution < -0.4 is 14.8 Å². The van der Waals surface area contributed by atoms with E-state index in [4.69, 9.17) is 9.47 Å². The summed E-state index contributed by atoms with van der Waals surface area (Å²) in [6, 6.07) is 24.0. The van der Waals surface area contributed by atoms with E-state index in [1.807, 2.05) is 75.4 Å². The van der Waals surface area contributed by atoms with Crippen LogP contribution in [0.25, 0.3) is 0 Å². The zero-order valence-corrected chi connectivity index (χ0v) is 20.9. The van der Waals surface area contributed by atoms with E-state index in [1.165, 1.54) is 0 Å². The fraction of sp³-hybridized carbons (Fsp3) is 0.310. The molecule has 0 aliphatic heterocycles. The van der Waals surface area contributed by atoms with Crippen LogP contribution in [-0.2, 0) is 22.6 Å². The Kier molecular flexibility index (Phi) is 9.30. The Balaban J connectivity index is 1.88. The second-order valence-corrected chi connectivity index (χ2v) is 8.84. The Hall–Kier alpha value is -3.80. The molecule has 0 heterocycles. The number of carbonyl (C=O) groups excluding carboxylic acids is 2. The van der Waals surface area contributed by atoms with Gasteiger partial charge >= 0.3 is 0 Å². The van der Waals surface area contributed by atoms with E-state index in [9.17, 15) is 9.59 Å². The molecule has 35 heavy (non-hydrogen) atoms. The third-order valence-corrected chi connectivity index (χ3v) is 5.56. The fourth-order valence-corrected chi connectivity index (χ4v) is 3.84. The Morgan fingerprint density at radius 1 is 0.886 bits per heavy atom. The van der Waals surface area contributed by atoms with Crippen LogP contribution in [0.5, 0.6) is 11.5 Å². The zero-order valence-electron chi connectivity index (χ0n) is 20.9. The summed E-state index contributed by atoms with van der Waals surface area (Å²) in [4.78, 5) is 28.5. The van der Waals surface area contributed by atoms with Crippen molar-refractivity contribution in [1.29, 1.82) is 0 Å². The predicted octanol–water partition coefficient (Wildman–Crippen LogP) is 4.55. The third-order valence-electron chi connectivity index (χ3n) is 5.56. The summed E-state index contributed by atoms with van der Waals surface area (Å²) in [6.07, 6.45) is 0.402. The van der Waals surface area contributed by atoms with Crippen molar-refractivity contribution in [3.63, 3.8) is 0 Å². The lowest BCUT2D eigenvalue weighted by molar-refractivity contribution is -0.143. The van der Waals surface area contributed by atoms with Gasteiger partial charge in [0.05, 0.1) is 7.11 Å². The first-order valence-electron chi connectivity index (χ1n) is 11.8. The van der Waals surface area contributed by atoms with Crippen molar-refractivity contribution in [2.24, 2.45) is 0 Å². The number of hydrogen-bond donors (Lipinski definition) is 1. The molecule has 0 fully saturated rings. The minimum absolute atomic E-state index is 0.0488. The molecule has 0 spiro atoms. The molecule has 3 aromatic carbocycles. The van der Waals surface area contributed by atoms with Crippen LogP contribution in [0, 0.1) is 6.92 Å². The average molecular weight is 475 g/mol. The number of hydrogen-bond acceptors (Lipinski definition) is 4. The summed E-state index contributed by atoms with van der Waals surface area (Å²) in [5, 5.41) is 2.99. The van der Waals surface area contributed by atoms with Crippen LogP contribution >= 0.6 is 0 Å². The van der Waals surface area contributed by atoms with Crippen molar-refractivity contribution in [2.45, 2.75) is 45.8 Å². The molecule has 6 heteroatoms. The van der Waals surface area contributed by atoms with Gasteiger partial charge in [0.2, 0.25) is 5.91 Å². The molecule has 3 aromatic rings. The number of nitrogens with one attached hydrogen (secondary N) is 1. The minimum atomic E-state index is -0.688. The molecule has 0 saturated heterocycles. The normalized spacial score (nSPS) is 11.6. The van der Waals surface area contributed by atoms with Gasteiger partial charge in [0.1, 0.15) is 17.5 Å². The first-order chi connectivity index (χ1) is 16.9. The van der Waals surface area contributed by atoms with Gasteiger partial charge in [0.15, 0.2) is 6.61 Å². The van der Waals surface area contributed by atoms with Crippen LogP contribution in [0.4, 0.5) is 0 Å². The van der Waals surface area contributed by atoms with Gasteiger partial charge in [-0.1, -0.05) is 60.2 Å². The van der Waals surface area contributed by atoms with Crippen LogP contribution in [0.1, 0.15) is 30.5 Å². The Morgan fingerprint density at radius 3 is 2.17 bits per heavy atom. The molecular formula is C29H34N2O4. The monoisotopic (exact) mass is 474 g/mol. The summed E-state index contributed by atoms with van der Waals surface area (Å²) < 4.78 is 11.0. The minimum Gasteiger partial charge on any atom is -0.497 e. The van der Waals surface area contributed by atoms with E-state index < -0.39 is 6.04 Å². The van der Waals surface area contributed by atoms with Crippen molar-refractivity contribution in [3.8, 4) is 11.5 Å². The standard InChI is InChI=1S/C29H34N2O4/c1-21(2)30-29(33)27(18-23-10-6-5-7-11-23)31(19-24-12-8-9-22(3)17-24)28(32)20-35-26-15-13-25(34-4)14-16-26/h5-17,21,27H,18-20H2,1-4H3,(H,30,33)/t27-/m1/s1. The highest BCUT2D eigenvalue weighted by atomic mass is 16.5. The summed E-state index contributed by atoms with van der Waals surface area (Å²) in [7, 11) is 1.59. The second kappa shape index (κ2) is 12.6. The van der Waals surface area contributed by atoms with Crippen LogP contribution in [0.3, 0.4) is 0 Å². The van der Waals surface area contributed by atoms with Crippen LogP contribution in [0.2, 0.25) is 0 Å². The van der Waals surface area contributed by atoms with Crippen LogP contribution in [0.15, 0.2) is 78.9 Å². The second-order valence-electron chi connectivity index (χ2n) is 8.84. The van der Waals surface area contributed by atoms with Gasteiger partial charge in [-0.15, -0.1) is 0 Å². The lowest BCUT2D eigenvalue weighted by Gasteiger charge is -2.32. The maximum Gasteiger partial charge on any atom is 0.261 e. The number of methoxy groups -OCH3 is 1. The van der Waals surface area contributed by atoms with Gasteiger partial charge in [0.25, 0.3) is 5.91 Å². The molecule has 6 nitrogen and oxygen atoms in total. The molecule has 1 N–H and O–H groups in total. The SMILES string of the molecule is COc1ccc(OCC(=O)N(Cc2cccc(C)c2)[C@H](Cc2ccccc2)C(=O)NC(C)C)cc1.